The minimum absolute atomic E-state index is 0.0924. The third-order valence-corrected chi connectivity index (χ3v) is 3.23. The van der Waals surface area contributed by atoms with Crippen molar-refractivity contribution in [2.24, 2.45) is 0 Å². The van der Waals surface area contributed by atoms with Gasteiger partial charge in [-0.25, -0.2) is 0 Å². The molecular weight excluding hydrogens is 238 g/mol. The number of nitrogens with two attached hydrogens (primary N) is 1. The average molecular weight is 245 g/mol. The summed E-state index contributed by atoms with van der Waals surface area (Å²) >= 11 is 0.825. The van der Waals surface area contributed by atoms with E-state index >= 15 is 0 Å². The van der Waals surface area contributed by atoms with Gasteiger partial charge in [0.05, 0.1) is 10.5 Å². The van der Waals surface area contributed by atoms with Crippen molar-refractivity contribution in [3.63, 3.8) is 0 Å². The highest BCUT2D eigenvalue weighted by atomic mass is 32.1. The number of hydrogen-bond acceptors (Lipinski definition) is 5. The molecule has 0 saturated heterocycles. The molecule has 0 saturated carbocycles. The molecule has 6 heteroatoms. The normalized spacial score (nSPS) is 9.82. The quantitative estimate of drug-likeness (QED) is 0.650. The van der Waals surface area contributed by atoms with Crippen molar-refractivity contribution in [3.8, 4) is 17.2 Å². The number of hydrogen-bond donors (Lipinski definition) is 1. The van der Waals surface area contributed by atoms with Crippen molar-refractivity contribution >= 4 is 21.3 Å². The van der Waals surface area contributed by atoms with Gasteiger partial charge in [-0.05, 0) is 16.9 Å². The molecule has 17 heavy (non-hydrogen) atoms. The average Bonchev–Trinajstić information content (AvgIpc) is 2.67. The highest BCUT2D eigenvalue weighted by molar-refractivity contribution is 7.20. The molecule has 5 nitrogen and oxygen atoms in total. The van der Waals surface area contributed by atoms with Gasteiger partial charge in [-0.3, -0.25) is 10.1 Å². The Bertz CT molecular complexity index is 614. The molecule has 0 bridgehead atoms. The van der Waals surface area contributed by atoms with E-state index in [1.807, 2.05) is 6.07 Å². The smallest absolute Gasteiger partial charge is 0.335 e. The number of rotatable bonds is 2. The zero-order chi connectivity index (χ0) is 12.4. The Balaban J connectivity index is 2.76. The van der Waals surface area contributed by atoms with Crippen LogP contribution in [-0.2, 0) is 0 Å². The lowest BCUT2D eigenvalue weighted by atomic mass is 10.0. The fourth-order valence-corrected chi connectivity index (χ4v) is 2.40. The molecule has 1 aromatic carbocycles. The Hall–Kier alpha value is -2.39. The largest absolute Gasteiger partial charge is 0.389 e. The number of thiophene rings is 1. The van der Waals surface area contributed by atoms with E-state index in [1.165, 1.54) is 0 Å². The van der Waals surface area contributed by atoms with Gasteiger partial charge in [-0.15, -0.1) is 0 Å². The summed E-state index contributed by atoms with van der Waals surface area (Å²) in [6.07, 6.45) is 0. The lowest BCUT2D eigenvalue weighted by molar-refractivity contribution is -0.379. The van der Waals surface area contributed by atoms with E-state index in [4.69, 9.17) is 11.0 Å². The van der Waals surface area contributed by atoms with Crippen LogP contribution in [0.5, 0.6) is 0 Å². The Morgan fingerprint density at radius 2 is 2.00 bits per heavy atom. The molecule has 1 aromatic heterocycles. The predicted octanol–water partition coefficient (Wildman–Crippen LogP) is 2.78. The van der Waals surface area contributed by atoms with Crippen LogP contribution >= 0.6 is 11.3 Å². The van der Waals surface area contributed by atoms with E-state index in [1.54, 1.807) is 30.3 Å². The van der Waals surface area contributed by atoms with Gasteiger partial charge in [0.2, 0.25) is 0 Å². The number of benzene rings is 1. The standard InChI is InChI=1S/C11H7N3O2S/c12-6-8-9(7-4-2-1-3-5-7)11(14(15)16)17-10(8)13/h1-5H,13H2. The summed E-state index contributed by atoms with van der Waals surface area (Å²) in [7, 11) is 0. The Labute approximate surface area is 101 Å². The third kappa shape index (κ3) is 1.84. The van der Waals surface area contributed by atoms with Crippen LogP contribution in [0.15, 0.2) is 30.3 Å². The van der Waals surface area contributed by atoms with Crippen LogP contribution in [0.1, 0.15) is 5.56 Å². The van der Waals surface area contributed by atoms with Crippen molar-refractivity contribution < 1.29 is 4.92 Å². The van der Waals surface area contributed by atoms with Gasteiger partial charge < -0.3 is 5.73 Å². The first-order valence-corrected chi connectivity index (χ1v) is 5.49. The predicted molar refractivity (Wildman–Crippen MR) is 65.5 cm³/mol. The molecule has 0 amide bonds. The summed E-state index contributed by atoms with van der Waals surface area (Å²) in [4.78, 5) is 10.4. The Morgan fingerprint density at radius 1 is 1.35 bits per heavy atom. The number of nitriles is 1. The number of nitrogen functional groups attached to an aromatic ring is 1. The van der Waals surface area contributed by atoms with Gasteiger partial charge in [-0.1, -0.05) is 30.3 Å². The first-order chi connectivity index (χ1) is 8.15. The second-order valence-corrected chi connectivity index (χ2v) is 4.29. The monoisotopic (exact) mass is 245 g/mol. The van der Waals surface area contributed by atoms with E-state index in [2.05, 4.69) is 0 Å². The summed E-state index contributed by atoms with van der Waals surface area (Å²) in [5.41, 5.74) is 6.73. The van der Waals surface area contributed by atoms with E-state index < -0.39 is 4.92 Å². The van der Waals surface area contributed by atoms with Gasteiger partial charge in [-0.2, -0.15) is 5.26 Å². The molecule has 2 N–H and O–H groups in total. The molecule has 0 spiro atoms. The van der Waals surface area contributed by atoms with Crippen molar-refractivity contribution in [1.29, 1.82) is 5.26 Å². The van der Waals surface area contributed by atoms with Crippen molar-refractivity contribution in [2.75, 3.05) is 5.73 Å². The highest BCUT2D eigenvalue weighted by Crippen LogP contribution is 2.43. The SMILES string of the molecule is N#Cc1c(N)sc([N+](=O)[O-])c1-c1ccccc1. The van der Waals surface area contributed by atoms with Crippen LogP contribution in [0.25, 0.3) is 11.1 Å². The minimum atomic E-state index is -0.510. The molecule has 0 aliphatic heterocycles. The highest BCUT2D eigenvalue weighted by Gasteiger charge is 2.25. The molecule has 0 radical (unpaired) electrons. The fraction of sp³-hybridized carbons (Fsp3) is 0. The van der Waals surface area contributed by atoms with Crippen LogP contribution < -0.4 is 5.73 Å². The second kappa shape index (κ2) is 4.23. The van der Waals surface area contributed by atoms with Gasteiger partial charge in [0.1, 0.15) is 16.6 Å². The molecule has 0 fully saturated rings. The van der Waals surface area contributed by atoms with Gasteiger partial charge >= 0.3 is 5.00 Å². The maximum absolute atomic E-state index is 10.9. The molecular formula is C11H7N3O2S. The maximum Gasteiger partial charge on any atom is 0.335 e. The van der Waals surface area contributed by atoms with Crippen LogP contribution in [0.4, 0.5) is 10.0 Å². The lowest BCUT2D eigenvalue weighted by Gasteiger charge is -1.98. The van der Waals surface area contributed by atoms with Crippen LogP contribution in [-0.4, -0.2) is 4.92 Å². The maximum atomic E-state index is 10.9. The summed E-state index contributed by atoms with van der Waals surface area (Å²) < 4.78 is 0. The number of nitro groups is 1. The van der Waals surface area contributed by atoms with E-state index in [9.17, 15) is 10.1 Å². The van der Waals surface area contributed by atoms with Crippen molar-refractivity contribution in [3.05, 3.63) is 46.0 Å². The second-order valence-electron chi connectivity index (χ2n) is 3.26. The third-order valence-electron chi connectivity index (χ3n) is 2.26. The molecule has 0 aliphatic carbocycles. The fourth-order valence-electron chi connectivity index (χ4n) is 1.55. The van der Waals surface area contributed by atoms with E-state index in [-0.39, 0.29) is 15.6 Å². The summed E-state index contributed by atoms with van der Waals surface area (Å²) in [6.45, 7) is 0. The van der Waals surface area contributed by atoms with Crippen molar-refractivity contribution in [1.82, 2.24) is 0 Å². The van der Waals surface area contributed by atoms with Crippen LogP contribution in [0.2, 0.25) is 0 Å². The molecule has 84 valence electrons. The zero-order valence-electron chi connectivity index (χ0n) is 8.58. The Kier molecular flexibility index (Phi) is 2.77. The first-order valence-electron chi connectivity index (χ1n) is 4.67. The van der Waals surface area contributed by atoms with Gasteiger partial charge in [0, 0.05) is 0 Å². The van der Waals surface area contributed by atoms with Gasteiger partial charge in [0.15, 0.2) is 0 Å². The minimum Gasteiger partial charge on any atom is -0.389 e. The summed E-state index contributed by atoms with van der Waals surface area (Å²) in [5, 5.41) is 20.0. The topological polar surface area (TPSA) is 93.0 Å². The van der Waals surface area contributed by atoms with Crippen molar-refractivity contribution in [2.45, 2.75) is 0 Å². The molecule has 0 aliphatic rings. The lowest BCUT2D eigenvalue weighted by Crippen LogP contribution is -1.89. The number of anilines is 1. The van der Waals surface area contributed by atoms with Crippen LogP contribution in [0, 0.1) is 21.4 Å². The summed E-state index contributed by atoms with van der Waals surface area (Å²) in [5.74, 6) is 0. The van der Waals surface area contributed by atoms with E-state index in [0.29, 0.717) is 11.1 Å². The molecule has 2 aromatic rings. The molecule has 0 unspecified atom stereocenters. The van der Waals surface area contributed by atoms with Crippen LogP contribution in [0.3, 0.4) is 0 Å². The van der Waals surface area contributed by atoms with E-state index in [0.717, 1.165) is 11.3 Å². The molecule has 2 rings (SSSR count). The zero-order valence-corrected chi connectivity index (χ0v) is 9.40. The first kappa shape index (κ1) is 11.1. The molecule has 0 atom stereocenters. The number of nitrogens with zero attached hydrogens (tertiary/aromatic N) is 2. The Morgan fingerprint density at radius 3 is 2.53 bits per heavy atom. The van der Waals surface area contributed by atoms with Gasteiger partial charge in [0.25, 0.3) is 0 Å². The molecule has 1 heterocycles. The summed E-state index contributed by atoms with van der Waals surface area (Å²) in [6, 6.07) is 10.7.